The number of nitrogens with one attached hydrogen (secondary N) is 2. The van der Waals surface area contributed by atoms with E-state index in [9.17, 15) is 20.1 Å². The fraction of sp³-hybridized carbons (Fsp3) is 0.500. The van der Waals surface area contributed by atoms with E-state index in [1.807, 2.05) is 0 Å². The summed E-state index contributed by atoms with van der Waals surface area (Å²) in [4.78, 5) is 12.0. The first-order valence-corrected chi connectivity index (χ1v) is 6.98. The van der Waals surface area contributed by atoms with Crippen LogP contribution in [0.4, 0.5) is 10.5 Å². The molecule has 0 aromatic heterocycles. The number of benzene rings is 1. The summed E-state index contributed by atoms with van der Waals surface area (Å²) >= 11 is 0. The van der Waals surface area contributed by atoms with Crippen molar-refractivity contribution in [3.63, 3.8) is 0 Å². The lowest BCUT2D eigenvalue weighted by Gasteiger charge is -2.40. The third-order valence-electron chi connectivity index (χ3n) is 3.53. The molecule has 2 rings (SSSR count). The monoisotopic (exact) mass is 328 g/mol. The van der Waals surface area contributed by atoms with E-state index in [4.69, 9.17) is 14.6 Å². The van der Waals surface area contributed by atoms with Crippen molar-refractivity contribution < 1.29 is 34.7 Å². The maximum Gasteiger partial charge on any atom is 0.319 e. The van der Waals surface area contributed by atoms with Crippen LogP contribution in [0.15, 0.2) is 24.3 Å². The molecule has 9 heteroatoms. The number of urea groups is 1. The van der Waals surface area contributed by atoms with Crippen LogP contribution < -0.4 is 15.4 Å². The molecule has 1 aromatic carbocycles. The van der Waals surface area contributed by atoms with Crippen LogP contribution in [0.3, 0.4) is 0 Å². The van der Waals surface area contributed by atoms with E-state index in [0.29, 0.717) is 11.4 Å². The Labute approximate surface area is 132 Å². The van der Waals surface area contributed by atoms with Crippen molar-refractivity contribution >= 4 is 11.7 Å². The molecule has 1 saturated heterocycles. The molecular formula is C14H20N2O7. The lowest BCUT2D eigenvalue weighted by molar-refractivity contribution is -0.252. The van der Waals surface area contributed by atoms with Gasteiger partial charge in [-0.15, -0.1) is 0 Å². The molecule has 1 aromatic rings. The Balaban J connectivity index is 1.98. The quantitative estimate of drug-likeness (QED) is 0.400. The SMILES string of the molecule is COc1cccc(NC(=O)N[C@@H]2[C@@H](O)[C@H](O)[C@@H](CO)O[C@H]2O)c1. The molecule has 1 heterocycles. The van der Waals surface area contributed by atoms with Crippen LogP contribution in [0.25, 0.3) is 0 Å². The van der Waals surface area contributed by atoms with Gasteiger partial charge in [-0.1, -0.05) is 6.07 Å². The van der Waals surface area contributed by atoms with Gasteiger partial charge in [0.15, 0.2) is 6.29 Å². The number of carbonyl (C=O) groups excluding carboxylic acids is 1. The van der Waals surface area contributed by atoms with Crippen LogP contribution in [-0.4, -0.2) is 70.8 Å². The lowest BCUT2D eigenvalue weighted by Crippen LogP contribution is -2.64. The van der Waals surface area contributed by atoms with Crippen molar-refractivity contribution in [2.45, 2.75) is 30.6 Å². The minimum atomic E-state index is -1.57. The smallest absolute Gasteiger partial charge is 0.319 e. The Morgan fingerprint density at radius 3 is 2.70 bits per heavy atom. The molecule has 1 aliphatic rings. The van der Waals surface area contributed by atoms with E-state index in [1.165, 1.54) is 7.11 Å². The van der Waals surface area contributed by atoms with Gasteiger partial charge in [-0.25, -0.2) is 4.79 Å². The first-order chi connectivity index (χ1) is 11.0. The average Bonchev–Trinajstić information content (AvgIpc) is 2.55. The number of hydrogen-bond donors (Lipinski definition) is 6. The van der Waals surface area contributed by atoms with Crippen LogP contribution >= 0.6 is 0 Å². The highest BCUT2D eigenvalue weighted by Gasteiger charge is 2.44. The average molecular weight is 328 g/mol. The molecular weight excluding hydrogens is 308 g/mol. The maximum absolute atomic E-state index is 12.0. The molecule has 0 aliphatic carbocycles. The van der Waals surface area contributed by atoms with Crippen molar-refractivity contribution in [2.24, 2.45) is 0 Å². The summed E-state index contributed by atoms with van der Waals surface area (Å²) in [5.74, 6) is 0.546. The molecule has 2 amide bonds. The summed E-state index contributed by atoms with van der Waals surface area (Å²) in [5.41, 5.74) is 0.441. The second-order valence-corrected chi connectivity index (χ2v) is 5.09. The Morgan fingerprint density at radius 1 is 1.30 bits per heavy atom. The van der Waals surface area contributed by atoms with Gasteiger partial charge in [0.2, 0.25) is 0 Å². The molecule has 23 heavy (non-hydrogen) atoms. The lowest BCUT2D eigenvalue weighted by atomic mass is 9.97. The summed E-state index contributed by atoms with van der Waals surface area (Å²) in [6, 6.07) is 4.63. The van der Waals surface area contributed by atoms with E-state index < -0.39 is 43.3 Å². The van der Waals surface area contributed by atoms with E-state index in [1.54, 1.807) is 24.3 Å². The minimum absolute atomic E-state index is 0.441. The number of aliphatic hydroxyl groups is 4. The molecule has 5 atom stereocenters. The number of aliphatic hydroxyl groups excluding tert-OH is 4. The number of hydrogen-bond acceptors (Lipinski definition) is 7. The minimum Gasteiger partial charge on any atom is -0.497 e. The number of amides is 2. The van der Waals surface area contributed by atoms with E-state index in [2.05, 4.69) is 10.6 Å². The number of anilines is 1. The zero-order valence-corrected chi connectivity index (χ0v) is 12.4. The Kier molecular flexibility index (Phi) is 5.74. The van der Waals surface area contributed by atoms with Gasteiger partial charge in [0.05, 0.1) is 13.7 Å². The number of rotatable bonds is 4. The Hall–Kier alpha value is -1.91. The van der Waals surface area contributed by atoms with Gasteiger partial charge in [0, 0.05) is 11.8 Å². The number of methoxy groups -OCH3 is 1. The topological polar surface area (TPSA) is 141 Å². The van der Waals surface area contributed by atoms with Crippen molar-refractivity contribution in [2.75, 3.05) is 19.0 Å². The van der Waals surface area contributed by atoms with Crippen molar-refractivity contribution in [1.82, 2.24) is 5.32 Å². The zero-order valence-electron chi connectivity index (χ0n) is 12.4. The molecule has 9 nitrogen and oxygen atoms in total. The summed E-state index contributed by atoms with van der Waals surface area (Å²) < 4.78 is 9.98. The normalized spacial score (nSPS) is 30.6. The fourth-order valence-electron chi connectivity index (χ4n) is 2.27. The number of carbonyl (C=O) groups is 1. The number of ether oxygens (including phenoxy) is 2. The zero-order chi connectivity index (χ0) is 17.0. The molecule has 6 N–H and O–H groups in total. The third-order valence-corrected chi connectivity index (χ3v) is 3.53. The van der Waals surface area contributed by atoms with Gasteiger partial charge in [-0.3, -0.25) is 0 Å². The van der Waals surface area contributed by atoms with Gasteiger partial charge in [-0.05, 0) is 12.1 Å². The Morgan fingerprint density at radius 2 is 2.04 bits per heavy atom. The maximum atomic E-state index is 12.0. The largest absolute Gasteiger partial charge is 0.497 e. The summed E-state index contributed by atoms with van der Waals surface area (Å²) in [7, 11) is 1.49. The molecule has 1 aliphatic heterocycles. The Bertz CT molecular complexity index is 542. The molecule has 0 spiro atoms. The van der Waals surface area contributed by atoms with Gasteiger partial charge in [-0.2, -0.15) is 0 Å². The highest BCUT2D eigenvalue weighted by Crippen LogP contribution is 2.20. The van der Waals surface area contributed by atoms with Crippen LogP contribution in [-0.2, 0) is 4.74 Å². The van der Waals surface area contributed by atoms with Crippen LogP contribution in [0.5, 0.6) is 5.75 Å². The highest BCUT2D eigenvalue weighted by molar-refractivity contribution is 5.89. The van der Waals surface area contributed by atoms with Gasteiger partial charge >= 0.3 is 6.03 Å². The standard InChI is InChI=1S/C14H20N2O7/c1-22-8-4-2-3-7(5-8)15-14(21)16-10-12(19)11(18)9(6-17)23-13(10)20/h2-5,9-13,17-20H,6H2,1H3,(H2,15,16,21)/t9-,10-,11-,12-,13-/m1/s1. The summed E-state index contributed by atoms with van der Waals surface area (Å²) in [5, 5.41) is 43.3. The molecule has 0 bridgehead atoms. The molecule has 1 fully saturated rings. The van der Waals surface area contributed by atoms with Gasteiger partial charge in [0.25, 0.3) is 0 Å². The summed E-state index contributed by atoms with van der Waals surface area (Å²) in [6.45, 7) is -0.571. The molecule has 0 unspecified atom stereocenters. The summed E-state index contributed by atoms with van der Waals surface area (Å²) in [6.07, 6.45) is -5.63. The van der Waals surface area contributed by atoms with Crippen LogP contribution in [0.2, 0.25) is 0 Å². The molecule has 128 valence electrons. The predicted octanol–water partition coefficient (Wildman–Crippen LogP) is -1.38. The highest BCUT2D eigenvalue weighted by atomic mass is 16.6. The van der Waals surface area contributed by atoms with Crippen molar-refractivity contribution in [3.05, 3.63) is 24.3 Å². The first kappa shape index (κ1) is 17.4. The van der Waals surface area contributed by atoms with E-state index in [0.717, 1.165) is 0 Å². The second-order valence-electron chi connectivity index (χ2n) is 5.09. The third kappa shape index (κ3) is 4.09. The molecule has 0 saturated carbocycles. The van der Waals surface area contributed by atoms with Crippen molar-refractivity contribution in [3.8, 4) is 5.75 Å². The van der Waals surface area contributed by atoms with Crippen LogP contribution in [0.1, 0.15) is 0 Å². The van der Waals surface area contributed by atoms with E-state index >= 15 is 0 Å². The first-order valence-electron chi connectivity index (χ1n) is 6.98. The fourth-order valence-corrected chi connectivity index (χ4v) is 2.27. The predicted molar refractivity (Wildman–Crippen MR) is 78.9 cm³/mol. The van der Waals surface area contributed by atoms with Crippen molar-refractivity contribution in [1.29, 1.82) is 0 Å². The van der Waals surface area contributed by atoms with Gasteiger partial charge < -0.3 is 40.5 Å². The van der Waals surface area contributed by atoms with Crippen LogP contribution in [0, 0.1) is 0 Å². The molecule has 0 radical (unpaired) electrons. The second kappa shape index (κ2) is 7.57. The van der Waals surface area contributed by atoms with E-state index in [-0.39, 0.29) is 0 Å². The van der Waals surface area contributed by atoms with Gasteiger partial charge in [0.1, 0.15) is 30.1 Å².